The zero-order valence-electron chi connectivity index (χ0n) is 7.82. The topological polar surface area (TPSA) is 55.1 Å². The fourth-order valence-electron chi connectivity index (χ4n) is 1.44. The van der Waals surface area contributed by atoms with Crippen molar-refractivity contribution in [3.63, 3.8) is 0 Å². The van der Waals surface area contributed by atoms with Gasteiger partial charge in [0.25, 0.3) is 5.91 Å². The molecule has 0 radical (unpaired) electrons. The first kappa shape index (κ1) is 8.03. The Hall–Kier alpha value is -1.32. The zero-order valence-corrected chi connectivity index (χ0v) is 7.82. The number of hydrogen-bond donors (Lipinski definition) is 1. The maximum absolute atomic E-state index is 11.5. The quantitative estimate of drug-likeness (QED) is 0.788. The van der Waals surface area contributed by atoms with Crippen LogP contribution in [0.5, 0.6) is 0 Å². The van der Waals surface area contributed by atoms with E-state index in [0.29, 0.717) is 17.7 Å². The molecule has 1 amide bonds. The van der Waals surface area contributed by atoms with Gasteiger partial charge in [0.05, 0.1) is 0 Å². The summed E-state index contributed by atoms with van der Waals surface area (Å²) in [6.45, 7) is 0. The first-order valence-electron chi connectivity index (χ1n) is 5.10. The van der Waals surface area contributed by atoms with E-state index in [9.17, 15) is 4.79 Å². The Bertz CT molecular complexity index is 364. The normalized spacial score (nSPS) is 20.9. The van der Waals surface area contributed by atoms with Crippen LogP contribution in [0.1, 0.15) is 47.8 Å². The van der Waals surface area contributed by atoms with E-state index in [1.54, 1.807) is 6.07 Å². The Labute approximate surface area is 81.7 Å². The Morgan fingerprint density at radius 1 is 1.43 bits per heavy atom. The summed E-state index contributed by atoms with van der Waals surface area (Å²) in [6.07, 6.45) is 4.52. The van der Waals surface area contributed by atoms with E-state index in [-0.39, 0.29) is 5.91 Å². The third-order valence-corrected chi connectivity index (χ3v) is 2.65. The summed E-state index contributed by atoms with van der Waals surface area (Å²) in [7, 11) is 0. The van der Waals surface area contributed by atoms with Gasteiger partial charge in [-0.05, 0) is 25.7 Å². The summed E-state index contributed by atoms with van der Waals surface area (Å²) >= 11 is 0. The van der Waals surface area contributed by atoms with Crippen molar-refractivity contribution >= 4 is 5.91 Å². The SMILES string of the molecule is O=C(NC1CC1)c1cc(C2CC2)on1. The number of carbonyl (C=O) groups is 1. The van der Waals surface area contributed by atoms with Gasteiger partial charge in [-0.2, -0.15) is 0 Å². The van der Waals surface area contributed by atoms with Gasteiger partial charge in [-0.25, -0.2) is 0 Å². The summed E-state index contributed by atoms with van der Waals surface area (Å²) < 4.78 is 5.10. The maximum atomic E-state index is 11.5. The molecule has 0 spiro atoms. The third kappa shape index (κ3) is 1.52. The predicted octanol–water partition coefficient (Wildman–Crippen LogP) is 1.44. The van der Waals surface area contributed by atoms with Crippen LogP contribution in [-0.4, -0.2) is 17.1 Å². The average Bonchev–Trinajstić information content (AvgIpc) is 3.08. The second-order valence-electron chi connectivity index (χ2n) is 4.14. The van der Waals surface area contributed by atoms with Gasteiger partial charge in [0.1, 0.15) is 5.76 Å². The molecule has 4 nitrogen and oxygen atoms in total. The maximum Gasteiger partial charge on any atom is 0.273 e. The fourth-order valence-corrected chi connectivity index (χ4v) is 1.44. The van der Waals surface area contributed by atoms with Crippen molar-refractivity contribution in [2.75, 3.05) is 0 Å². The van der Waals surface area contributed by atoms with Gasteiger partial charge < -0.3 is 9.84 Å². The monoisotopic (exact) mass is 192 g/mol. The van der Waals surface area contributed by atoms with Crippen LogP contribution in [-0.2, 0) is 0 Å². The average molecular weight is 192 g/mol. The number of aromatic nitrogens is 1. The second kappa shape index (κ2) is 2.83. The molecule has 4 heteroatoms. The minimum absolute atomic E-state index is 0.0943. The fraction of sp³-hybridized carbons (Fsp3) is 0.600. The molecule has 1 heterocycles. The van der Waals surface area contributed by atoms with Crippen LogP contribution in [0.15, 0.2) is 10.6 Å². The smallest absolute Gasteiger partial charge is 0.273 e. The van der Waals surface area contributed by atoms with Crippen LogP contribution in [0.4, 0.5) is 0 Å². The molecule has 0 bridgehead atoms. The molecule has 2 saturated carbocycles. The first-order chi connectivity index (χ1) is 6.83. The molecule has 0 aromatic carbocycles. The minimum atomic E-state index is -0.0943. The van der Waals surface area contributed by atoms with Crippen LogP contribution < -0.4 is 5.32 Å². The van der Waals surface area contributed by atoms with Crippen molar-refractivity contribution in [1.82, 2.24) is 10.5 Å². The van der Waals surface area contributed by atoms with E-state index in [1.165, 1.54) is 12.8 Å². The van der Waals surface area contributed by atoms with Gasteiger partial charge in [0.2, 0.25) is 0 Å². The highest BCUT2D eigenvalue weighted by atomic mass is 16.5. The molecule has 1 N–H and O–H groups in total. The number of rotatable bonds is 3. The molecule has 2 fully saturated rings. The van der Waals surface area contributed by atoms with Crippen molar-refractivity contribution in [1.29, 1.82) is 0 Å². The van der Waals surface area contributed by atoms with Crippen molar-refractivity contribution in [3.05, 3.63) is 17.5 Å². The van der Waals surface area contributed by atoms with Gasteiger partial charge in [-0.3, -0.25) is 4.79 Å². The summed E-state index contributed by atoms with van der Waals surface area (Å²) in [5.74, 6) is 1.29. The minimum Gasteiger partial charge on any atom is -0.360 e. The Morgan fingerprint density at radius 2 is 2.21 bits per heavy atom. The van der Waals surface area contributed by atoms with Crippen LogP contribution in [0.2, 0.25) is 0 Å². The first-order valence-corrected chi connectivity index (χ1v) is 5.10. The summed E-state index contributed by atoms with van der Waals surface area (Å²) in [5.41, 5.74) is 0.429. The summed E-state index contributed by atoms with van der Waals surface area (Å²) in [5, 5.41) is 6.65. The van der Waals surface area contributed by atoms with E-state index in [4.69, 9.17) is 4.52 Å². The number of nitrogens with zero attached hydrogens (tertiary/aromatic N) is 1. The molecule has 0 aliphatic heterocycles. The number of carbonyl (C=O) groups excluding carboxylic acids is 1. The molecule has 1 aromatic rings. The molecule has 74 valence electrons. The lowest BCUT2D eigenvalue weighted by Gasteiger charge is -1.96. The van der Waals surface area contributed by atoms with E-state index in [2.05, 4.69) is 10.5 Å². The van der Waals surface area contributed by atoms with Crippen LogP contribution in [0.3, 0.4) is 0 Å². The number of nitrogens with one attached hydrogen (secondary N) is 1. The van der Waals surface area contributed by atoms with E-state index in [1.807, 2.05) is 0 Å². The van der Waals surface area contributed by atoms with Crippen molar-refractivity contribution in [2.45, 2.75) is 37.6 Å². The number of hydrogen-bond acceptors (Lipinski definition) is 3. The Morgan fingerprint density at radius 3 is 2.86 bits per heavy atom. The lowest BCUT2D eigenvalue weighted by atomic mass is 10.3. The molecule has 1 aromatic heterocycles. The molecule has 0 saturated heterocycles. The highest BCUT2D eigenvalue weighted by Crippen LogP contribution is 2.40. The molecular formula is C10H12N2O2. The van der Waals surface area contributed by atoms with Gasteiger partial charge >= 0.3 is 0 Å². The highest BCUT2D eigenvalue weighted by Gasteiger charge is 2.30. The zero-order chi connectivity index (χ0) is 9.54. The van der Waals surface area contributed by atoms with Crippen LogP contribution in [0.25, 0.3) is 0 Å². The van der Waals surface area contributed by atoms with E-state index >= 15 is 0 Å². The summed E-state index contributed by atoms with van der Waals surface area (Å²) in [4.78, 5) is 11.5. The van der Waals surface area contributed by atoms with Gasteiger partial charge in [0, 0.05) is 18.0 Å². The van der Waals surface area contributed by atoms with Gasteiger partial charge in [0.15, 0.2) is 5.69 Å². The molecule has 2 aliphatic carbocycles. The molecular weight excluding hydrogens is 180 g/mol. The second-order valence-corrected chi connectivity index (χ2v) is 4.14. The van der Waals surface area contributed by atoms with Gasteiger partial charge in [-0.15, -0.1) is 0 Å². The van der Waals surface area contributed by atoms with Crippen molar-refractivity contribution in [3.8, 4) is 0 Å². The van der Waals surface area contributed by atoms with E-state index in [0.717, 1.165) is 18.6 Å². The molecule has 0 unspecified atom stereocenters. The lowest BCUT2D eigenvalue weighted by molar-refractivity contribution is 0.0942. The van der Waals surface area contributed by atoms with Crippen molar-refractivity contribution < 1.29 is 9.32 Å². The lowest BCUT2D eigenvalue weighted by Crippen LogP contribution is -2.25. The highest BCUT2D eigenvalue weighted by molar-refractivity contribution is 5.92. The van der Waals surface area contributed by atoms with Crippen LogP contribution in [0, 0.1) is 0 Å². The van der Waals surface area contributed by atoms with Crippen molar-refractivity contribution in [2.24, 2.45) is 0 Å². The standard InChI is InChI=1S/C10H12N2O2/c13-10(11-7-3-4-7)8-5-9(14-12-8)6-1-2-6/h5-7H,1-4H2,(H,11,13). The molecule has 2 aliphatic rings. The van der Waals surface area contributed by atoms with Gasteiger partial charge in [-0.1, -0.05) is 5.16 Å². The largest absolute Gasteiger partial charge is 0.360 e. The van der Waals surface area contributed by atoms with E-state index < -0.39 is 0 Å². The van der Waals surface area contributed by atoms with Crippen LogP contribution >= 0.6 is 0 Å². The molecule has 0 atom stereocenters. The third-order valence-electron chi connectivity index (χ3n) is 2.65. The molecule has 14 heavy (non-hydrogen) atoms. The summed E-state index contributed by atoms with van der Waals surface area (Å²) in [6, 6.07) is 2.15. The Kier molecular flexibility index (Phi) is 1.63. The Balaban J connectivity index is 1.70. The number of amides is 1. The predicted molar refractivity (Wildman–Crippen MR) is 49.0 cm³/mol. The molecule has 3 rings (SSSR count).